The fourth-order valence-corrected chi connectivity index (χ4v) is 3.54. The van der Waals surface area contributed by atoms with Crippen molar-refractivity contribution in [3.63, 3.8) is 0 Å². The van der Waals surface area contributed by atoms with Crippen molar-refractivity contribution in [2.24, 2.45) is 0 Å². The van der Waals surface area contributed by atoms with Gasteiger partial charge in [-0.25, -0.2) is 9.18 Å². The number of nitrogens with zero attached hydrogens (tertiary/aromatic N) is 2. The van der Waals surface area contributed by atoms with E-state index in [4.69, 9.17) is 0 Å². The number of carboxylic acids is 1. The van der Waals surface area contributed by atoms with Gasteiger partial charge in [0, 0.05) is 38.4 Å². The number of anilines is 2. The van der Waals surface area contributed by atoms with Crippen LogP contribution in [-0.2, 0) is 4.79 Å². The number of amides is 2. The van der Waals surface area contributed by atoms with E-state index in [1.807, 2.05) is 11.8 Å². The number of aromatic carboxylic acids is 1. The van der Waals surface area contributed by atoms with Crippen LogP contribution in [0.3, 0.4) is 0 Å². The van der Waals surface area contributed by atoms with Crippen LogP contribution >= 0.6 is 0 Å². The zero-order chi connectivity index (χ0) is 23.1. The van der Waals surface area contributed by atoms with Crippen LogP contribution in [0.25, 0.3) is 0 Å². The topological polar surface area (TPSA) is 102 Å². The lowest BCUT2D eigenvalue weighted by Gasteiger charge is -2.36. The third-order valence-corrected chi connectivity index (χ3v) is 5.28. The molecule has 1 aliphatic heterocycles. The summed E-state index contributed by atoms with van der Waals surface area (Å²) in [5, 5.41) is 15.0. The number of rotatable bonds is 8. The Hall–Kier alpha value is -3.46. The normalized spacial score (nSPS) is 14.1. The van der Waals surface area contributed by atoms with Crippen molar-refractivity contribution in [3.8, 4) is 0 Å². The highest BCUT2D eigenvalue weighted by molar-refractivity contribution is 6.08. The summed E-state index contributed by atoms with van der Waals surface area (Å²) in [6.07, 6.45) is 0.891. The van der Waals surface area contributed by atoms with E-state index < -0.39 is 17.7 Å². The average Bonchev–Trinajstić information content (AvgIpc) is 2.78. The SMILES string of the molecule is CCCNC(=O)CN1CCN(c2ccc(NC(=O)c3ccccc3F)c(C(=O)O)c2)CC1. The molecule has 0 unspecified atom stereocenters. The van der Waals surface area contributed by atoms with Crippen molar-refractivity contribution >= 4 is 29.2 Å². The van der Waals surface area contributed by atoms with Crippen molar-refractivity contribution in [1.82, 2.24) is 10.2 Å². The van der Waals surface area contributed by atoms with Gasteiger partial charge in [0.2, 0.25) is 5.91 Å². The van der Waals surface area contributed by atoms with Crippen molar-refractivity contribution in [1.29, 1.82) is 0 Å². The molecule has 2 amide bonds. The van der Waals surface area contributed by atoms with Gasteiger partial charge in [0.05, 0.1) is 23.4 Å². The first-order chi connectivity index (χ1) is 15.4. The van der Waals surface area contributed by atoms with Gasteiger partial charge in [-0.15, -0.1) is 0 Å². The molecule has 0 radical (unpaired) electrons. The van der Waals surface area contributed by atoms with Gasteiger partial charge in [-0.05, 0) is 36.8 Å². The Morgan fingerprint density at radius 2 is 1.75 bits per heavy atom. The van der Waals surface area contributed by atoms with Crippen LogP contribution in [0.4, 0.5) is 15.8 Å². The van der Waals surface area contributed by atoms with Crippen molar-refractivity contribution in [2.75, 3.05) is 49.5 Å². The summed E-state index contributed by atoms with van der Waals surface area (Å²) in [7, 11) is 0. The average molecular weight is 442 g/mol. The van der Waals surface area contributed by atoms with Crippen LogP contribution in [0.15, 0.2) is 42.5 Å². The van der Waals surface area contributed by atoms with Crippen LogP contribution in [0.2, 0.25) is 0 Å². The van der Waals surface area contributed by atoms with Gasteiger partial charge in [-0.1, -0.05) is 19.1 Å². The molecule has 1 saturated heterocycles. The van der Waals surface area contributed by atoms with E-state index in [1.54, 1.807) is 6.07 Å². The first-order valence-corrected chi connectivity index (χ1v) is 10.6. The summed E-state index contributed by atoms with van der Waals surface area (Å²) >= 11 is 0. The monoisotopic (exact) mass is 442 g/mol. The van der Waals surface area contributed by atoms with Crippen LogP contribution in [0, 0.1) is 5.82 Å². The summed E-state index contributed by atoms with van der Waals surface area (Å²) < 4.78 is 13.9. The Kier molecular flexibility index (Phi) is 7.77. The van der Waals surface area contributed by atoms with Crippen LogP contribution in [-0.4, -0.2) is 67.1 Å². The molecule has 0 saturated carbocycles. The number of hydrogen-bond donors (Lipinski definition) is 3. The number of benzene rings is 2. The highest BCUT2D eigenvalue weighted by atomic mass is 19.1. The van der Waals surface area contributed by atoms with Crippen molar-refractivity contribution in [3.05, 3.63) is 59.4 Å². The third-order valence-electron chi connectivity index (χ3n) is 5.28. The Morgan fingerprint density at radius 1 is 1.03 bits per heavy atom. The van der Waals surface area contributed by atoms with E-state index in [-0.39, 0.29) is 22.7 Å². The van der Waals surface area contributed by atoms with E-state index in [0.29, 0.717) is 45.0 Å². The Bertz CT molecular complexity index is 990. The first-order valence-electron chi connectivity index (χ1n) is 10.6. The minimum absolute atomic E-state index is 0.00316. The van der Waals surface area contributed by atoms with Crippen LogP contribution < -0.4 is 15.5 Å². The van der Waals surface area contributed by atoms with E-state index in [9.17, 15) is 23.9 Å². The second-order valence-electron chi connectivity index (χ2n) is 7.58. The minimum atomic E-state index is -1.19. The molecule has 9 heteroatoms. The van der Waals surface area contributed by atoms with Crippen LogP contribution in [0.5, 0.6) is 0 Å². The predicted octanol–water partition coefficient (Wildman–Crippen LogP) is 2.42. The maximum Gasteiger partial charge on any atom is 0.337 e. The molecule has 2 aromatic rings. The number of piperazine rings is 1. The lowest BCUT2D eigenvalue weighted by atomic mass is 10.1. The molecular formula is C23H27FN4O4. The van der Waals surface area contributed by atoms with Gasteiger partial charge in [-0.2, -0.15) is 0 Å². The lowest BCUT2D eigenvalue weighted by Crippen LogP contribution is -2.49. The van der Waals surface area contributed by atoms with E-state index in [0.717, 1.165) is 6.42 Å². The lowest BCUT2D eigenvalue weighted by molar-refractivity contribution is -0.122. The quantitative estimate of drug-likeness (QED) is 0.580. The summed E-state index contributed by atoms with van der Waals surface area (Å²) in [6.45, 7) is 5.64. The molecule has 0 aromatic heterocycles. The molecule has 0 atom stereocenters. The number of carboxylic acid groups (broad SMARTS) is 1. The predicted molar refractivity (Wildman–Crippen MR) is 120 cm³/mol. The maximum absolute atomic E-state index is 13.9. The number of hydrogen-bond acceptors (Lipinski definition) is 5. The molecule has 1 fully saturated rings. The maximum atomic E-state index is 13.9. The molecule has 32 heavy (non-hydrogen) atoms. The number of halogens is 1. The van der Waals surface area contributed by atoms with E-state index >= 15 is 0 Å². The summed E-state index contributed by atoms with van der Waals surface area (Å²) in [5.74, 6) is -2.58. The zero-order valence-corrected chi connectivity index (χ0v) is 17.9. The molecule has 0 spiro atoms. The van der Waals surface area contributed by atoms with Crippen molar-refractivity contribution in [2.45, 2.75) is 13.3 Å². The number of nitrogens with one attached hydrogen (secondary N) is 2. The molecular weight excluding hydrogens is 415 g/mol. The molecule has 0 bridgehead atoms. The zero-order valence-electron chi connectivity index (χ0n) is 17.9. The van der Waals surface area contributed by atoms with Gasteiger partial charge < -0.3 is 20.6 Å². The van der Waals surface area contributed by atoms with Gasteiger partial charge in [0.25, 0.3) is 5.91 Å². The standard InChI is InChI=1S/C23H27FN4O4/c1-2-9-25-21(29)15-27-10-12-28(13-11-27)16-7-8-20(18(14-16)23(31)32)26-22(30)17-5-3-4-6-19(17)24/h3-8,14H,2,9-13,15H2,1H3,(H,25,29)(H,26,30)(H,31,32). The largest absolute Gasteiger partial charge is 0.478 e. The fraction of sp³-hybridized carbons (Fsp3) is 0.348. The highest BCUT2D eigenvalue weighted by Crippen LogP contribution is 2.25. The van der Waals surface area contributed by atoms with E-state index in [2.05, 4.69) is 15.5 Å². The smallest absolute Gasteiger partial charge is 0.337 e. The molecule has 1 aliphatic rings. The third kappa shape index (κ3) is 5.82. The Balaban J connectivity index is 1.66. The first kappa shape index (κ1) is 23.2. The van der Waals surface area contributed by atoms with Gasteiger partial charge in [0.15, 0.2) is 0 Å². The molecule has 0 aliphatic carbocycles. The summed E-state index contributed by atoms with van der Waals surface area (Å²) in [6, 6.07) is 10.3. The van der Waals surface area contributed by atoms with Gasteiger partial charge in [0.1, 0.15) is 5.82 Å². The molecule has 3 N–H and O–H groups in total. The highest BCUT2D eigenvalue weighted by Gasteiger charge is 2.22. The molecule has 1 heterocycles. The molecule has 2 aromatic carbocycles. The molecule has 3 rings (SSSR count). The second kappa shape index (κ2) is 10.7. The Labute approximate surface area is 186 Å². The van der Waals surface area contributed by atoms with Crippen LogP contribution in [0.1, 0.15) is 34.1 Å². The number of carbonyl (C=O) groups excluding carboxylic acids is 2. The second-order valence-corrected chi connectivity index (χ2v) is 7.58. The fourth-order valence-electron chi connectivity index (χ4n) is 3.54. The summed E-state index contributed by atoms with van der Waals surface area (Å²) in [5.41, 5.74) is 0.572. The van der Waals surface area contributed by atoms with Crippen molar-refractivity contribution < 1.29 is 23.9 Å². The number of carbonyl (C=O) groups is 3. The summed E-state index contributed by atoms with van der Waals surface area (Å²) in [4.78, 5) is 40.2. The van der Waals surface area contributed by atoms with Gasteiger partial charge in [-0.3, -0.25) is 14.5 Å². The van der Waals surface area contributed by atoms with E-state index in [1.165, 1.54) is 36.4 Å². The molecule has 8 nitrogen and oxygen atoms in total. The van der Waals surface area contributed by atoms with Gasteiger partial charge >= 0.3 is 5.97 Å². The molecule has 170 valence electrons. The minimum Gasteiger partial charge on any atom is -0.478 e. The Morgan fingerprint density at radius 3 is 2.41 bits per heavy atom.